The maximum Gasteiger partial charge on any atom is 0.251 e. The molecule has 15 heavy (non-hydrogen) atoms. The molecule has 0 spiro atoms. The van der Waals surface area contributed by atoms with Crippen LogP contribution in [0.25, 0.3) is 0 Å². The molecule has 2 heterocycles. The molecule has 1 aromatic rings. The first kappa shape index (κ1) is 10.3. The Hall–Kier alpha value is -1.20. The van der Waals surface area contributed by atoms with Gasteiger partial charge in [0.05, 0.1) is 5.69 Å². The van der Waals surface area contributed by atoms with Crippen molar-refractivity contribution in [1.82, 2.24) is 15.3 Å². The molecule has 2 rings (SSSR count). The molecule has 5 nitrogen and oxygen atoms in total. The quantitative estimate of drug-likeness (QED) is 0.753. The molecule has 0 radical (unpaired) electrons. The molecule has 0 aliphatic carbocycles. The van der Waals surface area contributed by atoms with Gasteiger partial charge in [0.25, 0.3) is 5.56 Å². The van der Waals surface area contributed by atoms with Gasteiger partial charge in [0.15, 0.2) is 0 Å². The minimum Gasteiger partial charge on any atom is -0.370 e. The summed E-state index contributed by atoms with van der Waals surface area (Å²) in [7, 11) is 1.83. The van der Waals surface area contributed by atoms with Crippen LogP contribution in [0.4, 0.5) is 0 Å². The Bertz CT molecular complexity index is 382. The lowest BCUT2D eigenvalue weighted by Gasteiger charge is -2.09. The van der Waals surface area contributed by atoms with Gasteiger partial charge in [-0.25, -0.2) is 4.98 Å². The van der Waals surface area contributed by atoms with Crippen molar-refractivity contribution < 1.29 is 4.74 Å². The first-order valence-electron chi connectivity index (χ1n) is 5.16. The zero-order valence-electron chi connectivity index (χ0n) is 8.75. The van der Waals surface area contributed by atoms with E-state index >= 15 is 0 Å². The molecule has 5 heteroatoms. The summed E-state index contributed by atoms with van der Waals surface area (Å²) in [6.45, 7) is 1.36. The normalized spacial score (nSPS) is 20.7. The Morgan fingerprint density at radius 2 is 2.60 bits per heavy atom. The van der Waals surface area contributed by atoms with Crippen LogP contribution in [0.1, 0.15) is 30.5 Å². The largest absolute Gasteiger partial charge is 0.370 e. The van der Waals surface area contributed by atoms with Gasteiger partial charge in [0.2, 0.25) is 0 Å². The molecule has 1 aliphatic heterocycles. The highest BCUT2D eigenvalue weighted by atomic mass is 16.5. The molecule has 1 saturated heterocycles. The first-order chi connectivity index (χ1) is 7.29. The van der Waals surface area contributed by atoms with Crippen molar-refractivity contribution in [1.29, 1.82) is 0 Å². The third-order valence-electron chi connectivity index (χ3n) is 2.41. The molecule has 1 atom stereocenters. The number of H-pyrrole nitrogens is 1. The lowest BCUT2D eigenvalue weighted by Crippen LogP contribution is -2.18. The summed E-state index contributed by atoms with van der Waals surface area (Å²) < 4.78 is 5.47. The average molecular weight is 209 g/mol. The van der Waals surface area contributed by atoms with E-state index in [9.17, 15) is 4.79 Å². The average Bonchev–Trinajstić information content (AvgIpc) is 2.70. The highest BCUT2D eigenvalue weighted by molar-refractivity contribution is 5.05. The minimum absolute atomic E-state index is 0.0329. The molecular formula is C10H15N3O2. The molecular weight excluding hydrogens is 194 g/mol. The number of rotatable bonds is 3. The second-order valence-electron chi connectivity index (χ2n) is 3.65. The summed E-state index contributed by atoms with van der Waals surface area (Å²) in [5.41, 5.74) is 0.646. The smallest absolute Gasteiger partial charge is 0.251 e. The molecule has 1 aliphatic rings. The molecule has 0 aromatic carbocycles. The molecule has 2 N–H and O–H groups in total. The van der Waals surface area contributed by atoms with Crippen molar-refractivity contribution in [2.45, 2.75) is 25.5 Å². The van der Waals surface area contributed by atoms with Crippen LogP contribution >= 0.6 is 0 Å². The molecule has 1 unspecified atom stereocenters. The van der Waals surface area contributed by atoms with Crippen molar-refractivity contribution >= 4 is 0 Å². The summed E-state index contributed by atoms with van der Waals surface area (Å²) in [6.07, 6.45) is 1.94. The fourth-order valence-electron chi connectivity index (χ4n) is 1.75. The highest BCUT2D eigenvalue weighted by Crippen LogP contribution is 2.24. The van der Waals surface area contributed by atoms with Gasteiger partial charge in [-0.3, -0.25) is 4.79 Å². The van der Waals surface area contributed by atoms with E-state index in [1.54, 1.807) is 0 Å². The lowest BCUT2D eigenvalue weighted by molar-refractivity contribution is 0.104. The molecule has 0 bridgehead atoms. The molecule has 1 fully saturated rings. The number of ether oxygens (including phenoxy) is 1. The Morgan fingerprint density at radius 3 is 3.27 bits per heavy atom. The van der Waals surface area contributed by atoms with Gasteiger partial charge < -0.3 is 15.0 Å². The van der Waals surface area contributed by atoms with Crippen LogP contribution in [0, 0.1) is 0 Å². The van der Waals surface area contributed by atoms with Gasteiger partial charge in [-0.05, 0) is 19.9 Å². The Morgan fingerprint density at radius 1 is 1.73 bits per heavy atom. The maximum absolute atomic E-state index is 11.4. The van der Waals surface area contributed by atoms with E-state index in [4.69, 9.17) is 4.74 Å². The van der Waals surface area contributed by atoms with Crippen molar-refractivity contribution in [3.05, 3.63) is 27.9 Å². The minimum atomic E-state index is -0.110. The van der Waals surface area contributed by atoms with Gasteiger partial charge in [-0.1, -0.05) is 0 Å². The summed E-state index contributed by atoms with van der Waals surface area (Å²) in [4.78, 5) is 18.5. The lowest BCUT2D eigenvalue weighted by atomic mass is 10.2. The Balaban J connectivity index is 2.26. The number of aromatic nitrogens is 2. The summed E-state index contributed by atoms with van der Waals surface area (Å²) in [5.74, 6) is 0.658. The number of nitrogens with zero attached hydrogens (tertiary/aromatic N) is 1. The molecule has 1 aromatic heterocycles. The van der Waals surface area contributed by atoms with Crippen LogP contribution in [-0.4, -0.2) is 23.6 Å². The standard InChI is InChI=1S/C10H15N3O2/c1-11-6-7-5-9(14)13-10(12-7)8-3-2-4-15-8/h5,8,11H,2-4,6H2,1H3,(H,12,13,14). The van der Waals surface area contributed by atoms with Crippen LogP contribution in [0.2, 0.25) is 0 Å². The summed E-state index contributed by atoms with van der Waals surface area (Å²) in [5, 5.41) is 2.97. The van der Waals surface area contributed by atoms with Gasteiger partial charge in [-0.2, -0.15) is 0 Å². The van der Waals surface area contributed by atoms with Gasteiger partial charge in [-0.15, -0.1) is 0 Å². The highest BCUT2D eigenvalue weighted by Gasteiger charge is 2.20. The maximum atomic E-state index is 11.4. The van der Waals surface area contributed by atoms with E-state index in [1.165, 1.54) is 6.07 Å². The van der Waals surface area contributed by atoms with Crippen LogP contribution < -0.4 is 10.9 Å². The predicted molar refractivity (Wildman–Crippen MR) is 55.5 cm³/mol. The topological polar surface area (TPSA) is 67.0 Å². The van der Waals surface area contributed by atoms with E-state index in [0.717, 1.165) is 25.1 Å². The second kappa shape index (κ2) is 4.55. The van der Waals surface area contributed by atoms with Gasteiger partial charge in [0.1, 0.15) is 11.9 Å². The number of hydrogen-bond acceptors (Lipinski definition) is 4. The van der Waals surface area contributed by atoms with Gasteiger partial charge in [0, 0.05) is 19.2 Å². The van der Waals surface area contributed by atoms with Crippen LogP contribution in [0.5, 0.6) is 0 Å². The number of hydrogen-bond donors (Lipinski definition) is 2. The number of aromatic amines is 1. The Kier molecular flexibility index (Phi) is 3.13. The fourth-order valence-corrected chi connectivity index (χ4v) is 1.75. The van der Waals surface area contributed by atoms with E-state index in [1.807, 2.05) is 7.05 Å². The van der Waals surface area contributed by atoms with E-state index in [-0.39, 0.29) is 11.7 Å². The van der Waals surface area contributed by atoms with Crippen molar-refractivity contribution in [3.8, 4) is 0 Å². The molecule has 82 valence electrons. The van der Waals surface area contributed by atoms with E-state index < -0.39 is 0 Å². The summed E-state index contributed by atoms with van der Waals surface area (Å²) in [6, 6.07) is 1.51. The SMILES string of the molecule is CNCc1cc(=O)[nH]c(C2CCCO2)n1. The van der Waals surface area contributed by atoms with Gasteiger partial charge >= 0.3 is 0 Å². The predicted octanol–water partition coefficient (Wildman–Crippen LogP) is 0.341. The fraction of sp³-hybridized carbons (Fsp3) is 0.600. The van der Waals surface area contributed by atoms with E-state index in [0.29, 0.717) is 12.4 Å². The summed E-state index contributed by atoms with van der Waals surface area (Å²) >= 11 is 0. The zero-order chi connectivity index (χ0) is 10.7. The molecule has 0 saturated carbocycles. The van der Waals surface area contributed by atoms with Crippen LogP contribution in [0.15, 0.2) is 10.9 Å². The van der Waals surface area contributed by atoms with Crippen LogP contribution in [-0.2, 0) is 11.3 Å². The third kappa shape index (κ3) is 2.43. The van der Waals surface area contributed by atoms with Crippen molar-refractivity contribution in [2.75, 3.05) is 13.7 Å². The number of nitrogens with one attached hydrogen (secondary N) is 2. The van der Waals surface area contributed by atoms with Crippen molar-refractivity contribution in [3.63, 3.8) is 0 Å². The first-order valence-corrected chi connectivity index (χ1v) is 5.16. The van der Waals surface area contributed by atoms with E-state index in [2.05, 4.69) is 15.3 Å². The second-order valence-corrected chi connectivity index (χ2v) is 3.65. The molecule has 0 amide bonds. The third-order valence-corrected chi connectivity index (χ3v) is 2.41. The Labute approximate surface area is 87.9 Å². The van der Waals surface area contributed by atoms with Crippen molar-refractivity contribution in [2.24, 2.45) is 0 Å². The van der Waals surface area contributed by atoms with Crippen LogP contribution in [0.3, 0.4) is 0 Å². The monoisotopic (exact) mass is 209 g/mol. The zero-order valence-corrected chi connectivity index (χ0v) is 8.75.